The van der Waals surface area contributed by atoms with E-state index in [0.717, 1.165) is 16.8 Å². The minimum absolute atomic E-state index is 0.278. The summed E-state index contributed by atoms with van der Waals surface area (Å²) in [5, 5.41) is 5.64. The monoisotopic (exact) mass is 269 g/mol. The van der Waals surface area contributed by atoms with Gasteiger partial charge in [0.05, 0.1) is 0 Å². The van der Waals surface area contributed by atoms with E-state index in [1.165, 1.54) is 0 Å². The van der Waals surface area contributed by atoms with E-state index in [2.05, 4.69) is 29.5 Å². The molecule has 2 rings (SSSR count). The standard InChI is InChI=1S/C16H19N3O/c1-11(2)13-8-6-7-12(3)15(13)19-16(20)18-14-9-4-5-10-17-14/h4-11H,1-3H3,(H2,17,18,19,20). The molecule has 20 heavy (non-hydrogen) atoms. The molecule has 0 fully saturated rings. The lowest BCUT2D eigenvalue weighted by atomic mass is 9.98. The summed E-state index contributed by atoms with van der Waals surface area (Å²) in [6.07, 6.45) is 1.64. The van der Waals surface area contributed by atoms with Crippen molar-refractivity contribution in [2.45, 2.75) is 26.7 Å². The van der Waals surface area contributed by atoms with Crippen LogP contribution in [0.3, 0.4) is 0 Å². The fourth-order valence-electron chi connectivity index (χ4n) is 2.04. The summed E-state index contributed by atoms with van der Waals surface area (Å²) in [7, 11) is 0. The molecule has 1 heterocycles. The first-order valence-electron chi connectivity index (χ1n) is 6.66. The molecule has 1 aromatic heterocycles. The van der Waals surface area contributed by atoms with Gasteiger partial charge in [0.1, 0.15) is 5.82 Å². The second kappa shape index (κ2) is 6.19. The van der Waals surface area contributed by atoms with Crippen molar-refractivity contribution < 1.29 is 4.79 Å². The second-order valence-corrected chi connectivity index (χ2v) is 4.99. The van der Waals surface area contributed by atoms with Gasteiger partial charge >= 0.3 is 6.03 Å². The van der Waals surface area contributed by atoms with Crippen molar-refractivity contribution in [3.05, 3.63) is 53.7 Å². The second-order valence-electron chi connectivity index (χ2n) is 4.99. The Morgan fingerprint density at radius 2 is 1.90 bits per heavy atom. The van der Waals surface area contributed by atoms with Crippen LogP contribution in [-0.4, -0.2) is 11.0 Å². The Balaban J connectivity index is 2.16. The van der Waals surface area contributed by atoms with Crippen molar-refractivity contribution in [2.24, 2.45) is 0 Å². The molecule has 1 aromatic carbocycles. The number of urea groups is 1. The molecule has 2 N–H and O–H groups in total. The number of rotatable bonds is 3. The number of pyridine rings is 1. The maximum Gasteiger partial charge on any atom is 0.324 e. The third kappa shape index (κ3) is 3.35. The van der Waals surface area contributed by atoms with Crippen LogP contribution in [0.1, 0.15) is 30.9 Å². The van der Waals surface area contributed by atoms with Gasteiger partial charge in [0.25, 0.3) is 0 Å². The molecule has 0 aliphatic rings. The molecular weight excluding hydrogens is 250 g/mol. The Kier molecular flexibility index (Phi) is 4.35. The molecule has 0 aliphatic heterocycles. The number of nitrogens with zero attached hydrogens (tertiary/aromatic N) is 1. The normalized spacial score (nSPS) is 10.4. The molecule has 4 nitrogen and oxygen atoms in total. The Morgan fingerprint density at radius 1 is 1.10 bits per heavy atom. The van der Waals surface area contributed by atoms with Crippen LogP contribution in [0.15, 0.2) is 42.6 Å². The molecule has 0 unspecified atom stereocenters. The molecule has 104 valence electrons. The number of aromatic nitrogens is 1. The first-order valence-corrected chi connectivity index (χ1v) is 6.66. The van der Waals surface area contributed by atoms with E-state index in [9.17, 15) is 4.79 Å². The van der Waals surface area contributed by atoms with Crippen molar-refractivity contribution in [3.63, 3.8) is 0 Å². The molecule has 0 bridgehead atoms. The zero-order chi connectivity index (χ0) is 14.5. The molecule has 0 aliphatic carbocycles. The van der Waals surface area contributed by atoms with Crippen LogP contribution in [0, 0.1) is 6.92 Å². The molecule has 0 atom stereocenters. The fourth-order valence-corrected chi connectivity index (χ4v) is 2.04. The predicted molar refractivity (Wildman–Crippen MR) is 82.1 cm³/mol. The minimum Gasteiger partial charge on any atom is -0.307 e. The summed E-state index contributed by atoms with van der Waals surface area (Å²) < 4.78 is 0. The van der Waals surface area contributed by atoms with Crippen molar-refractivity contribution in [1.29, 1.82) is 0 Å². The van der Waals surface area contributed by atoms with Crippen LogP contribution in [-0.2, 0) is 0 Å². The van der Waals surface area contributed by atoms with E-state index in [0.29, 0.717) is 11.7 Å². The van der Waals surface area contributed by atoms with Gasteiger partial charge in [-0.1, -0.05) is 38.1 Å². The summed E-state index contributed by atoms with van der Waals surface area (Å²) in [6.45, 7) is 6.20. The van der Waals surface area contributed by atoms with E-state index in [-0.39, 0.29) is 6.03 Å². The van der Waals surface area contributed by atoms with Gasteiger partial charge in [-0.05, 0) is 36.1 Å². The largest absolute Gasteiger partial charge is 0.324 e. The number of aryl methyl sites for hydroxylation is 1. The molecule has 0 radical (unpaired) electrons. The first kappa shape index (κ1) is 14.1. The zero-order valence-electron chi connectivity index (χ0n) is 12.0. The lowest BCUT2D eigenvalue weighted by Crippen LogP contribution is -2.21. The molecule has 0 saturated carbocycles. The number of carbonyl (C=O) groups excluding carboxylic acids is 1. The molecular formula is C16H19N3O. The van der Waals surface area contributed by atoms with Gasteiger partial charge in [-0.2, -0.15) is 0 Å². The van der Waals surface area contributed by atoms with E-state index in [1.54, 1.807) is 18.3 Å². The number of nitrogens with one attached hydrogen (secondary N) is 2. The summed E-state index contributed by atoms with van der Waals surface area (Å²) in [6, 6.07) is 11.1. The van der Waals surface area contributed by atoms with Gasteiger partial charge < -0.3 is 5.32 Å². The Morgan fingerprint density at radius 3 is 2.55 bits per heavy atom. The van der Waals surface area contributed by atoms with Gasteiger partial charge in [0.15, 0.2) is 0 Å². The maximum absolute atomic E-state index is 12.0. The number of amides is 2. The predicted octanol–water partition coefficient (Wildman–Crippen LogP) is 4.16. The average Bonchev–Trinajstić information content (AvgIpc) is 2.42. The van der Waals surface area contributed by atoms with Crippen LogP contribution < -0.4 is 10.6 Å². The lowest BCUT2D eigenvalue weighted by Gasteiger charge is -2.16. The summed E-state index contributed by atoms with van der Waals surface area (Å²) in [5.41, 5.74) is 3.05. The number of benzene rings is 1. The van der Waals surface area contributed by atoms with Gasteiger partial charge in [-0.3, -0.25) is 5.32 Å². The van der Waals surface area contributed by atoms with Crippen molar-refractivity contribution >= 4 is 17.5 Å². The first-order chi connectivity index (χ1) is 9.58. The highest BCUT2D eigenvalue weighted by atomic mass is 16.2. The SMILES string of the molecule is Cc1cccc(C(C)C)c1NC(=O)Nc1ccccn1. The van der Waals surface area contributed by atoms with E-state index in [4.69, 9.17) is 0 Å². The van der Waals surface area contributed by atoms with E-state index >= 15 is 0 Å². The van der Waals surface area contributed by atoms with Crippen LogP contribution >= 0.6 is 0 Å². The molecule has 4 heteroatoms. The molecule has 2 aromatic rings. The number of anilines is 2. The molecule has 0 saturated heterocycles. The number of para-hydroxylation sites is 1. The van der Waals surface area contributed by atoms with Crippen LogP contribution in [0.4, 0.5) is 16.3 Å². The Hall–Kier alpha value is -2.36. The maximum atomic E-state index is 12.0. The number of carbonyl (C=O) groups is 1. The van der Waals surface area contributed by atoms with E-state index < -0.39 is 0 Å². The molecule has 0 spiro atoms. The third-order valence-electron chi connectivity index (χ3n) is 3.07. The highest BCUT2D eigenvalue weighted by molar-refractivity contribution is 6.00. The zero-order valence-corrected chi connectivity index (χ0v) is 12.0. The number of hydrogen-bond acceptors (Lipinski definition) is 2. The minimum atomic E-state index is -0.278. The van der Waals surface area contributed by atoms with E-state index in [1.807, 2.05) is 31.2 Å². The van der Waals surface area contributed by atoms with Crippen molar-refractivity contribution in [1.82, 2.24) is 4.98 Å². The van der Waals surface area contributed by atoms with Gasteiger partial charge in [-0.25, -0.2) is 9.78 Å². The van der Waals surface area contributed by atoms with Gasteiger partial charge in [0.2, 0.25) is 0 Å². The fraction of sp³-hybridized carbons (Fsp3) is 0.250. The summed E-state index contributed by atoms with van der Waals surface area (Å²) in [5.74, 6) is 0.879. The summed E-state index contributed by atoms with van der Waals surface area (Å²) in [4.78, 5) is 16.1. The quantitative estimate of drug-likeness (QED) is 0.879. The van der Waals surface area contributed by atoms with Crippen LogP contribution in [0.5, 0.6) is 0 Å². The van der Waals surface area contributed by atoms with Crippen molar-refractivity contribution in [3.8, 4) is 0 Å². The summed E-state index contributed by atoms with van der Waals surface area (Å²) >= 11 is 0. The Labute approximate surface area is 119 Å². The lowest BCUT2D eigenvalue weighted by molar-refractivity contribution is 0.262. The third-order valence-corrected chi connectivity index (χ3v) is 3.07. The topological polar surface area (TPSA) is 54.0 Å². The number of hydrogen-bond donors (Lipinski definition) is 2. The highest BCUT2D eigenvalue weighted by Gasteiger charge is 2.12. The Bertz CT molecular complexity index is 594. The van der Waals surface area contributed by atoms with Crippen LogP contribution in [0.2, 0.25) is 0 Å². The van der Waals surface area contributed by atoms with Crippen LogP contribution in [0.25, 0.3) is 0 Å². The average molecular weight is 269 g/mol. The van der Waals surface area contributed by atoms with Gasteiger partial charge in [0, 0.05) is 11.9 Å². The smallest absolute Gasteiger partial charge is 0.307 e. The van der Waals surface area contributed by atoms with Crippen molar-refractivity contribution in [2.75, 3.05) is 10.6 Å². The molecule has 2 amide bonds. The highest BCUT2D eigenvalue weighted by Crippen LogP contribution is 2.27. The van der Waals surface area contributed by atoms with Gasteiger partial charge in [-0.15, -0.1) is 0 Å².